The molecular weight excluding hydrogens is 260 g/mol. The summed E-state index contributed by atoms with van der Waals surface area (Å²) in [5, 5.41) is 13.1. The van der Waals surface area contributed by atoms with Crippen LogP contribution in [0, 0.1) is 5.92 Å². The maximum Gasteiger partial charge on any atom is 0.115 e. The van der Waals surface area contributed by atoms with Gasteiger partial charge in [0.25, 0.3) is 0 Å². The summed E-state index contributed by atoms with van der Waals surface area (Å²) < 4.78 is 0. The number of hydrogen-bond donors (Lipinski definition) is 2. The fraction of sp³-hybridized carbons (Fsp3) is 0.667. The van der Waals surface area contributed by atoms with E-state index in [0.29, 0.717) is 11.8 Å². The molecule has 2 atom stereocenters. The molecule has 1 aromatic rings. The van der Waals surface area contributed by atoms with E-state index in [4.69, 9.17) is 0 Å². The van der Waals surface area contributed by atoms with Crippen molar-refractivity contribution < 1.29 is 5.11 Å². The van der Waals surface area contributed by atoms with Gasteiger partial charge in [-0.05, 0) is 68.8 Å². The van der Waals surface area contributed by atoms with Crippen molar-refractivity contribution in [2.75, 3.05) is 19.6 Å². The number of nitrogens with zero attached hydrogens (tertiary/aromatic N) is 1. The summed E-state index contributed by atoms with van der Waals surface area (Å²) in [6, 6.07) is 9.12. The van der Waals surface area contributed by atoms with E-state index in [-0.39, 0.29) is 0 Å². The highest BCUT2D eigenvalue weighted by Gasteiger charge is 2.35. The Morgan fingerprint density at radius 2 is 2.00 bits per heavy atom. The summed E-state index contributed by atoms with van der Waals surface area (Å²) >= 11 is 0. The van der Waals surface area contributed by atoms with Crippen LogP contribution in [-0.4, -0.2) is 35.7 Å². The van der Waals surface area contributed by atoms with Gasteiger partial charge in [-0.1, -0.05) is 19.1 Å². The van der Waals surface area contributed by atoms with Gasteiger partial charge in [0.15, 0.2) is 0 Å². The minimum atomic E-state index is 0.364. The lowest BCUT2D eigenvalue weighted by atomic mass is 9.96. The van der Waals surface area contributed by atoms with Crippen molar-refractivity contribution in [3.05, 3.63) is 29.8 Å². The van der Waals surface area contributed by atoms with Crippen LogP contribution in [0.15, 0.2) is 24.3 Å². The maximum atomic E-state index is 9.51. The lowest BCUT2D eigenvalue weighted by Gasteiger charge is -2.36. The monoisotopic (exact) mass is 288 g/mol. The molecule has 2 N–H and O–H groups in total. The van der Waals surface area contributed by atoms with Crippen LogP contribution in [0.3, 0.4) is 0 Å². The van der Waals surface area contributed by atoms with Gasteiger partial charge in [0.2, 0.25) is 0 Å². The highest BCUT2D eigenvalue weighted by atomic mass is 16.3. The lowest BCUT2D eigenvalue weighted by molar-refractivity contribution is 0.140. The van der Waals surface area contributed by atoms with Crippen LogP contribution in [0.1, 0.15) is 50.6 Å². The summed E-state index contributed by atoms with van der Waals surface area (Å²) in [5.41, 5.74) is 1.35. The molecule has 2 fully saturated rings. The number of phenolic OH excluding ortho intramolecular Hbond substituents is 1. The molecule has 2 unspecified atom stereocenters. The Morgan fingerprint density at radius 3 is 2.57 bits per heavy atom. The molecule has 1 aliphatic carbocycles. The van der Waals surface area contributed by atoms with Gasteiger partial charge in [0, 0.05) is 18.6 Å². The van der Waals surface area contributed by atoms with Crippen molar-refractivity contribution >= 4 is 0 Å². The first-order valence-electron chi connectivity index (χ1n) is 8.53. The number of rotatable bonds is 6. The van der Waals surface area contributed by atoms with Gasteiger partial charge in [-0.2, -0.15) is 0 Å². The average molecular weight is 288 g/mol. The van der Waals surface area contributed by atoms with E-state index >= 15 is 0 Å². The molecule has 1 aliphatic heterocycles. The van der Waals surface area contributed by atoms with E-state index in [1.807, 2.05) is 12.1 Å². The van der Waals surface area contributed by atoms with Crippen molar-refractivity contribution in [3.8, 4) is 5.75 Å². The lowest BCUT2D eigenvalue weighted by Crippen LogP contribution is -2.40. The fourth-order valence-electron chi connectivity index (χ4n) is 3.67. The van der Waals surface area contributed by atoms with Gasteiger partial charge < -0.3 is 10.4 Å². The minimum Gasteiger partial charge on any atom is -0.508 e. The van der Waals surface area contributed by atoms with E-state index in [2.05, 4.69) is 29.3 Å². The molecule has 0 spiro atoms. The molecule has 3 rings (SSSR count). The molecule has 0 radical (unpaired) electrons. The molecular formula is C18H28N2O. The standard InChI is InChI=1S/C18H28N2O/c1-2-18(15-5-9-17(21)10-6-15)20(16-7-8-16)13-14-4-3-11-19-12-14/h5-6,9-10,14,16,18-19,21H,2-4,7-8,11-13H2,1H3. The van der Waals surface area contributed by atoms with Gasteiger partial charge in [-0.3, -0.25) is 4.90 Å². The third-order valence-corrected chi connectivity index (χ3v) is 4.95. The SMILES string of the molecule is CCC(c1ccc(O)cc1)N(CC1CCCNC1)C1CC1. The number of piperidine rings is 1. The Bertz CT molecular complexity index is 435. The molecule has 0 aromatic heterocycles. The van der Waals surface area contributed by atoms with Gasteiger partial charge in [0.05, 0.1) is 0 Å². The first-order valence-corrected chi connectivity index (χ1v) is 8.53. The van der Waals surface area contributed by atoms with Gasteiger partial charge in [-0.15, -0.1) is 0 Å². The quantitative estimate of drug-likeness (QED) is 0.843. The van der Waals surface area contributed by atoms with Crippen molar-refractivity contribution in [1.29, 1.82) is 0 Å². The van der Waals surface area contributed by atoms with Crippen molar-refractivity contribution in [1.82, 2.24) is 10.2 Å². The Labute approximate surface area is 128 Å². The number of hydrogen-bond acceptors (Lipinski definition) is 3. The first-order chi connectivity index (χ1) is 10.3. The van der Waals surface area contributed by atoms with Gasteiger partial charge in [-0.25, -0.2) is 0 Å². The van der Waals surface area contributed by atoms with Crippen molar-refractivity contribution in [3.63, 3.8) is 0 Å². The van der Waals surface area contributed by atoms with Crippen LogP contribution in [0.2, 0.25) is 0 Å². The highest BCUT2D eigenvalue weighted by molar-refractivity contribution is 5.28. The number of aromatic hydroxyl groups is 1. The third-order valence-electron chi connectivity index (χ3n) is 4.95. The van der Waals surface area contributed by atoms with E-state index in [9.17, 15) is 5.11 Å². The Kier molecular flexibility index (Phi) is 4.81. The van der Waals surface area contributed by atoms with Crippen LogP contribution in [0.4, 0.5) is 0 Å². The van der Waals surface area contributed by atoms with Crippen molar-refractivity contribution in [2.45, 2.75) is 51.1 Å². The normalized spacial score (nSPS) is 24.2. The van der Waals surface area contributed by atoms with Crippen LogP contribution in [0.25, 0.3) is 0 Å². The molecule has 0 bridgehead atoms. The molecule has 1 heterocycles. The molecule has 3 nitrogen and oxygen atoms in total. The highest BCUT2D eigenvalue weighted by Crippen LogP contribution is 2.37. The molecule has 1 saturated carbocycles. The number of nitrogens with one attached hydrogen (secondary N) is 1. The van der Waals surface area contributed by atoms with E-state index in [1.54, 1.807) is 0 Å². The van der Waals surface area contributed by atoms with Crippen LogP contribution >= 0.6 is 0 Å². The van der Waals surface area contributed by atoms with Gasteiger partial charge in [0.1, 0.15) is 5.75 Å². The second-order valence-corrected chi connectivity index (χ2v) is 6.66. The molecule has 21 heavy (non-hydrogen) atoms. The van der Waals surface area contributed by atoms with E-state index in [0.717, 1.165) is 18.4 Å². The number of benzene rings is 1. The second-order valence-electron chi connectivity index (χ2n) is 6.66. The maximum absolute atomic E-state index is 9.51. The number of phenols is 1. The topological polar surface area (TPSA) is 35.5 Å². The Hall–Kier alpha value is -1.06. The Morgan fingerprint density at radius 1 is 1.24 bits per heavy atom. The summed E-state index contributed by atoms with van der Waals surface area (Å²) in [7, 11) is 0. The molecule has 0 amide bonds. The molecule has 116 valence electrons. The zero-order chi connectivity index (χ0) is 14.7. The predicted molar refractivity (Wildman–Crippen MR) is 86.5 cm³/mol. The molecule has 1 saturated heterocycles. The summed E-state index contributed by atoms with van der Waals surface area (Å²) in [6.07, 6.45) is 6.53. The molecule has 2 aliphatic rings. The van der Waals surface area contributed by atoms with E-state index < -0.39 is 0 Å². The molecule has 3 heteroatoms. The largest absolute Gasteiger partial charge is 0.508 e. The smallest absolute Gasteiger partial charge is 0.115 e. The van der Waals surface area contributed by atoms with Gasteiger partial charge >= 0.3 is 0 Å². The van der Waals surface area contributed by atoms with Crippen LogP contribution in [-0.2, 0) is 0 Å². The van der Waals surface area contributed by atoms with Crippen LogP contribution < -0.4 is 5.32 Å². The summed E-state index contributed by atoms with van der Waals surface area (Å²) in [6.45, 7) is 5.87. The first kappa shape index (κ1) is 14.9. The fourth-order valence-corrected chi connectivity index (χ4v) is 3.67. The molecule has 1 aromatic carbocycles. The zero-order valence-corrected chi connectivity index (χ0v) is 13.1. The third kappa shape index (κ3) is 3.78. The Balaban J connectivity index is 1.72. The second kappa shape index (κ2) is 6.80. The average Bonchev–Trinajstić information content (AvgIpc) is 3.34. The predicted octanol–water partition coefficient (Wildman–Crippen LogP) is 3.31. The van der Waals surface area contributed by atoms with Crippen molar-refractivity contribution in [2.24, 2.45) is 5.92 Å². The summed E-state index contributed by atoms with van der Waals surface area (Å²) in [5.74, 6) is 1.16. The van der Waals surface area contributed by atoms with E-state index in [1.165, 1.54) is 50.9 Å². The van der Waals surface area contributed by atoms with Crippen LogP contribution in [0.5, 0.6) is 5.75 Å². The summed E-state index contributed by atoms with van der Waals surface area (Å²) in [4.78, 5) is 2.74. The minimum absolute atomic E-state index is 0.364. The zero-order valence-electron chi connectivity index (χ0n) is 13.1.